The van der Waals surface area contributed by atoms with Crippen molar-refractivity contribution in [1.82, 2.24) is 19.8 Å². The maximum atomic E-state index is 12.8. The summed E-state index contributed by atoms with van der Waals surface area (Å²) in [6.45, 7) is 8.20. The average molecular weight is 345 g/mol. The Morgan fingerprint density at radius 1 is 0.960 bits per heavy atom. The summed E-state index contributed by atoms with van der Waals surface area (Å²) in [6, 6.07) is 1.81. The molecule has 2 amide bonds. The Kier molecular flexibility index (Phi) is 5.50. The Bertz CT molecular complexity index is 591. The molecule has 0 radical (unpaired) electrons. The fraction of sp³-hybridized carbons (Fsp3) is 0.667. The molecule has 2 aliphatic heterocycles. The summed E-state index contributed by atoms with van der Waals surface area (Å²) >= 11 is 0. The molecule has 0 saturated carbocycles. The standard InChI is InChI=1S/C18H27N5O2/c1-14(2)16(24)21-8-4-15(5-9-21)17(25)22-10-12-23(13-11-22)18-19-6-3-7-20-18/h3,6-7,14-15H,4-5,8-13H2,1-2H3. The number of aromatic nitrogens is 2. The van der Waals surface area contributed by atoms with Gasteiger partial charge < -0.3 is 14.7 Å². The smallest absolute Gasteiger partial charge is 0.225 e. The Morgan fingerprint density at radius 3 is 2.12 bits per heavy atom. The van der Waals surface area contributed by atoms with Crippen LogP contribution in [0.3, 0.4) is 0 Å². The normalized spacial score (nSPS) is 19.4. The van der Waals surface area contributed by atoms with Crippen LogP contribution in [0.5, 0.6) is 0 Å². The summed E-state index contributed by atoms with van der Waals surface area (Å²) in [4.78, 5) is 39.4. The number of piperazine rings is 1. The van der Waals surface area contributed by atoms with Crippen molar-refractivity contribution in [1.29, 1.82) is 0 Å². The predicted octanol–water partition coefficient (Wildman–Crippen LogP) is 1.02. The minimum absolute atomic E-state index is 0.0283. The Labute approximate surface area is 149 Å². The van der Waals surface area contributed by atoms with Crippen molar-refractivity contribution in [3.05, 3.63) is 18.5 Å². The Balaban J connectivity index is 1.48. The van der Waals surface area contributed by atoms with E-state index in [1.54, 1.807) is 18.5 Å². The molecule has 2 aliphatic rings. The van der Waals surface area contributed by atoms with Crippen molar-refractivity contribution in [3.8, 4) is 0 Å². The number of likely N-dealkylation sites (tertiary alicyclic amines) is 1. The number of nitrogens with zero attached hydrogens (tertiary/aromatic N) is 5. The average Bonchev–Trinajstić information content (AvgIpc) is 2.67. The number of carbonyl (C=O) groups excluding carboxylic acids is 2. The molecule has 7 heteroatoms. The van der Waals surface area contributed by atoms with E-state index in [0.29, 0.717) is 26.2 Å². The number of carbonyl (C=O) groups is 2. The summed E-state index contributed by atoms with van der Waals surface area (Å²) in [5, 5.41) is 0. The molecule has 136 valence electrons. The van der Waals surface area contributed by atoms with Gasteiger partial charge in [0, 0.05) is 63.5 Å². The first-order valence-corrected chi connectivity index (χ1v) is 9.16. The van der Waals surface area contributed by atoms with Gasteiger partial charge in [-0.15, -0.1) is 0 Å². The molecule has 0 spiro atoms. The van der Waals surface area contributed by atoms with Crippen LogP contribution in [0.4, 0.5) is 5.95 Å². The van der Waals surface area contributed by atoms with E-state index >= 15 is 0 Å². The van der Waals surface area contributed by atoms with Gasteiger partial charge in [-0.25, -0.2) is 9.97 Å². The minimum atomic E-state index is 0.0283. The van der Waals surface area contributed by atoms with Crippen LogP contribution >= 0.6 is 0 Å². The van der Waals surface area contributed by atoms with Crippen LogP contribution in [0, 0.1) is 11.8 Å². The molecule has 1 aromatic heterocycles. The molecule has 2 fully saturated rings. The monoisotopic (exact) mass is 345 g/mol. The summed E-state index contributed by atoms with van der Waals surface area (Å²) in [6.07, 6.45) is 5.04. The SMILES string of the molecule is CC(C)C(=O)N1CCC(C(=O)N2CCN(c3ncccn3)CC2)CC1. The van der Waals surface area contributed by atoms with E-state index in [0.717, 1.165) is 31.9 Å². The van der Waals surface area contributed by atoms with E-state index in [2.05, 4.69) is 14.9 Å². The van der Waals surface area contributed by atoms with E-state index < -0.39 is 0 Å². The van der Waals surface area contributed by atoms with Crippen LogP contribution in [0.1, 0.15) is 26.7 Å². The maximum absolute atomic E-state index is 12.8. The van der Waals surface area contributed by atoms with Crippen LogP contribution in [0.2, 0.25) is 0 Å². The Hall–Kier alpha value is -2.18. The molecule has 0 bridgehead atoms. The summed E-state index contributed by atoms with van der Waals surface area (Å²) in [5.74, 6) is 1.25. The predicted molar refractivity (Wildman–Crippen MR) is 95.0 cm³/mol. The third-order valence-corrected chi connectivity index (χ3v) is 5.08. The fourth-order valence-corrected chi connectivity index (χ4v) is 3.55. The molecule has 0 N–H and O–H groups in total. The second-order valence-corrected chi connectivity index (χ2v) is 7.12. The van der Waals surface area contributed by atoms with Gasteiger partial charge in [0.2, 0.25) is 17.8 Å². The third kappa shape index (κ3) is 4.08. The lowest BCUT2D eigenvalue weighted by Gasteiger charge is -2.38. The van der Waals surface area contributed by atoms with Gasteiger partial charge in [-0.2, -0.15) is 0 Å². The number of hydrogen-bond donors (Lipinski definition) is 0. The van der Waals surface area contributed by atoms with Crippen molar-refractivity contribution in [2.75, 3.05) is 44.2 Å². The molecule has 1 aromatic rings. The molecule has 0 atom stereocenters. The molecule has 7 nitrogen and oxygen atoms in total. The number of piperidine rings is 1. The van der Waals surface area contributed by atoms with Crippen molar-refractivity contribution >= 4 is 17.8 Å². The minimum Gasteiger partial charge on any atom is -0.342 e. The fourth-order valence-electron chi connectivity index (χ4n) is 3.55. The van der Waals surface area contributed by atoms with Gasteiger partial charge in [-0.1, -0.05) is 13.8 Å². The van der Waals surface area contributed by atoms with Crippen molar-refractivity contribution in [3.63, 3.8) is 0 Å². The van der Waals surface area contributed by atoms with Gasteiger partial charge >= 0.3 is 0 Å². The zero-order valence-corrected chi connectivity index (χ0v) is 15.1. The third-order valence-electron chi connectivity index (χ3n) is 5.08. The quantitative estimate of drug-likeness (QED) is 0.818. The first-order chi connectivity index (χ1) is 12.1. The van der Waals surface area contributed by atoms with Gasteiger partial charge in [-0.3, -0.25) is 9.59 Å². The van der Waals surface area contributed by atoms with Crippen molar-refractivity contribution in [2.24, 2.45) is 11.8 Å². The number of hydrogen-bond acceptors (Lipinski definition) is 5. The number of anilines is 1. The van der Waals surface area contributed by atoms with Gasteiger partial charge in [-0.05, 0) is 18.9 Å². The van der Waals surface area contributed by atoms with Gasteiger partial charge in [0.1, 0.15) is 0 Å². The molecule has 0 aliphatic carbocycles. The maximum Gasteiger partial charge on any atom is 0.225 e. The highest BCUT2D eigenvalue weighted by Crippen LogP contribution is 2.22. The van der Waals surface area contributed by atoms with Crippen LogP contribution < -0.4 is 4.90 Å². The van der Waals surface area contributed by atoms with Crippen LogP contribution in [0.25, 0.3) is 0 Å². The lowest BCUT2D eigenvalue weighted by atomic mass is 9.94. The first-order valence-electron chi connectivity index (χ1n) is 9.16. The molecular formula is C18H27N5O2. The topological polar surface area (TPSA) is 69.6 Å². The van der Waals surface area contributed by atoms with Crippen LogP contribution in [-0.2, 0) is 9.59 Å². The van der Waals surface area contributed by atoms with Crippen LogP contribution in [-0.4, -0.2) is 70.9 Å². The summed E-state index contributed by atoms with van der Waals surface area (Å²) < 4.78 is 0. The van der Waals surface area contributed by atoms with Gasteiger partial charge in [0.25, 0.3) is 0 Å². The van der Waals surface area contributed by atoms with E-state index in [-0.39, 0.29) is 23.7 Å². The number of amides is 2. The van der Waals surface area contributed by atoms with Crippen molar-refractivity contribution in [2.45, 2.75) is 26.7 Å². The van der Waals surface area contributed by atoms with E-state index in [1.165, 1.54) is 0 Å². The van der Waals surface area contributed by atoms with Gasteiger partial charge in [0.05, 0.1) is 0 Å². The number of rotatable bonds is 3. The molecule has 0 unspecified atom stereocenters. The lowest BCUT2D eigenvalue weighted by Crippen LogP contribution is -2.52. The highest BCUT2D eigenvalue weighted by molar-refractivity contribution is 5.81. The van der Waals surface area contributed by atoms with Crippen LogP contribution in [0.15, 0.2) is 18.5 Å². The first kappa shape index (κ1) is 17.6. The molecule has 3 rings (SSSR count). The zero-order valence-electron chi connectivity index (χ0n) is 15.1. The highest BCUT2D eigenvalue weighted by Gasteiger charge is 2.32. The molecule has 3 heterocycles. The molecular weight excluding hydrogens is 318 g/mol. The molecule has 0 aromatic carbocycles. The van der Waals surface area contributed by atoms with E-state index in [9.17, 15) is 9.59 Å². The second-order valence-electron chi connectivity index (χ2n) is 7.12. The van der Waals surface area contributed by atoms with Gasteiger partial charge in [0.15, 0.2) is 0 Å². The highest BCUT2D eigenvalue weighted by atomic mass is 16.2. The van der Waals surface area contributed by atoms with E-state index in [1.807, 2.05) is 23.6 Å². The van der Waals surface area contributed by atoms with Crippen molar-refractivity contribution < 1.29 is 9.59 Å². The zero-order chi connectivity index (χ0) is 17.8. The Morgan fingerprint density at radius 2 is 1.56 bits per heavy atom. The largest absolute Gasteiger partial charge is 0.342 e. The molecule has 25 heavy (non-hydrogen) atoms. The summed E-state index contributed by atoms with van der Waals surface area (Å²) in [7, 11) is 0. The summed E-state index contributed by atoms with van der Waals surface area (Å²) in [5.41, 5.74) is 0. The second kappa shape index (κ2) is 7.80. The lowest BCUT2D eigenvalue weighted by molar-refractivity contribution is -0.142. The van der Waals surface area contributed by atoms with E-state index in [4.69, 9.17) is 0 Å². The molecule has 2 saturated heterocycles.